The topological polar surface area (TPSA) is 90.0 Å². The van der Waals surface area contributed by atoms with Gasteiger partial charge < -0.3 is 15.1 Å². The van der Waals surface area contributed by atoms with Crippen LogP contribution < -0.4 is 5.32 Å². The predicted molar refractivity (Wildman–Crippen MR) is 114 cm³/mol. The monoisotopic (exact) mass is 453 g/mol. The highest BCUT2D eigenvalue weighted by atomic mass is 19.4. The second-order valence-electron chi connectivity index (χ2n) is 9.29. The molecule has 1 spiro atoms. The van der Waals surface area contributed by atoms with E-state index in [4.69, 9.17) is 0 Å². The lowest BCUT2D eigenvalue weighted by Crippen LogP contribution is -2.62. The summed E-state index contributed by atoms with van der Waals surface area (Å²) in [5.41, 5.74) is -0.569. The Morgan fingerprint density at radius 1 is 1.16 bits per heavy atom. The number of pyridine rings is 1. The van der Waals surface area contributed by atoms with Gasteiger partial charge in [-0.1, -0.05) is 0 Å². The highest BCUT2D eigenvalue weighted by molar-refractivity contribution is 5.76. The number of nitrogens with one attached hydrogen (secondary N) is 2. The fourth-order valence-electron chi connectivity index (χ4n) is 5.21. The molecule has 1 atom stereocenters. The molecule has 2 amide bonds. The summed E-state index contributed by atoms with van der Waals surface area (Å²) >= 11 is 0. The Labute approximate surface area is 186 Å². The van der Waals surface area contributed by atoms with Crippen molar-refractivity contribution in [2.45, 2.75) is 50.2 Å². The van der Waals surface area contributed by atoms with Crippen molar-refractivity contribution in [3.05, 3.63) is 36.0 Å². The maximum Gasteiger partial charge on any atom is 0.417 e. The van der Waals surface area contributed by atoms with Crippen LogP contribution in [-0.4, -0.2) is 68.2 Å². The van der Waals surface area contributed by atoms with Crippen molar-refractivity contribution in [3.63, 3.8) is 0 Å². The van der Waals surface area contributed by atoms with Crippen LogP contribution in [0, 0.1) is 5.41 Å². The van der Waals surface area contributed by atoms with Crippen LogP contribution in [0.2, 0.25) is 0 Å². The number of hydrogen-bond acceptors (Lipinski definition) is 5. The van der Waals surface area contributed by atoms with Gasteiger partial charge in [0.05, 0.1) is 5.56 Å². The van der Waals surface area contributed by atoms with Crippen LogP contribution in [0.25, 0.3) is 0 Å². The molecule has 3 aliphatic rings. The smallest absolute Gasteiger partial charge is 0.367 e. The number of anilines is 1. The van der Waals surface area contributed by atoms with E-state index < -0.39 is 11.7 Å². The first-order valence-electron chi connectivity index (χ1n) is 11.0. The molecule has 1 saturated carbocycles. The van der Waals surface area contributed by atoms with Gasteiger partial charge in [0.25, 0.3) is 0 Å². The minimum Gasteiger partial charge on any atom is -0.367 e. The number of urea groups is 1. The van der Waals surface area contributed by atoms with E-state index in [-0.39, 0.29) is 26.3 Å². The number of aromatic amines is 1. The molecule has 0 aromatic carbocycles. The van der Waals surface area contributed by atoms with Gasteiger partial charge in [-0.2, -0.15) is 18.3 Å². The minimum atomic E-state index is -4.37. The van der Waals surface area contributed by atoms with Gasteiger partial charge in [0.1, 0.15) is 18.0 Å². The fraction of sp³-hybridized carbons (Fsp3) is 0.619. The van der Waals surface area contributed by atoms with E-state index in [1.165, 1.54) is 12.4 Å². The van der Waals surface area contributed by atoms with Crippen LogP contribution in [0.15, 0.2) is 24.7 Å². The van der Waals surface area contributed by atoms with Crippen molar-refractivity contribution in [1.29, 1.82) is 0 Å². The van der Waals surface area contributed by atoms with Gasteiger partial charge in [0.2, 0.25) is 0 Å². The number of halogens is 3. The van der Waals surface area contributed by atoms with Gasteiger partial charge >= 0.3 is 12.2 Å². The van der Waals surface area contributed by atoms with Crippen molar-refractivity contribution in [2.24, 2.45) is 5.41 Å². The number of alkyl halides is 3. The molecule has 0 bridgehead atoms. The molecule has 2 N–H and O–H groups in total. The summed E-state index contributed by atoms with van der Waals surface area (Å²) in [5, 5.41) is 10.1. The molecule has 11 heteroatoms. The number of carbonyl (C=O) groups is 1. The van der Waals surface area contributed by atoms with Gasteiger partial charge in [0.15, 0.2) is 0 Å². The summed E-state index contributed by atoms with van der Waals surface area (Å²) in [6.45, 7) is 2.96. The van der Waals surface area contributed by atoms with E-state index in [1.54, 1.807) is 0 Å². The first kappa shape index (κ1) is 21.0. The van der Waals surface area contributed by atoms with Gasteiger partial charge in [0, 0.05) is 52.6 Å². The van der Waals surface area contributed by atoms with E-state index >= 15 is 0 Å². The van der Waals surface area contributed by atoms with Crippen LogP contribution >= 0.6 is 0 Å². The van der Waals surface area contributed by atoms with Crippen molar-refractivity contribution in [2.75, 3.05) is 31.5 Å². The molecule has 2 aromatic rings. The highest BCUT2D eigenvalue weighted by Gasteiger charge is 2.48. The lowest BCUT2D eigenvalue weighted by atomic mass is 9.67. The molecule has 0 unspecified atom stereocenters. The predicted octanol–water partition coefficient (Wildman–Crippen LogP) is 3.98. The Balaban J connectivity index is 0.00000162. The summed E-state index contributed by atoms with van der Waals surface area (Å²) in [6.07, 6.45) is 2.72. The van der Waals surface area contributed by atoms with Crippen LogP contribution in [0.5, 0.6) is 0 Å². The number of amides is 2. The molecule has 2 aromatic heterocycles. The third-order valence-electron chi connectivity index (χ3n) is 7.09. The largest absolute Gasteiger partial charge is 0.417 e. The lowest BCUT2D eigenvalue weighted by molar-refractivity contribution is -0.137. The Hall–Kier alpha value is -2.85. The van der Waals surface area contributed by atoms with Crippen LogP contribution in [-0.2, 0) is 6.18 Å². The zero-order valence-electron chi connectivity index (χ0n) is 17.6. The second kappa shape index (κ2) is 7.93. The summed E-state index contributed by atoms with van der Waals surface area (Å²) in [4.78, 5) is 24.8. The SMILES string of the molecule is O=C(N1CC[C@H](c2ncn[nH]2)C1)N1CC2(CCC(Nc3ccc(C(F)(F)F)cn3)CC2)C1.[HH].[HH]. The van der Waals surface area contributed by atoms with Crippen molar-refractivity contribution in [3.8, 4) is 0 Å². The molecular formula is C21H30F3N7O. The van der Waals surface area contributed by atoms with Crippen LogP contribution in [0.3, 0.4) is 0 Å². The first-order chi connectivity index (χ1) is 15.3. The quantitative estimate of drug-likeness (QED) is 0.734. The zero-order valence-corrected chi connectivity index (χ0v) is 17.6. The van der Waals surface area contributed by atoms with Gasteiger partial charge in [-0.3, -0.25) is 5.10 Å². The van der Waals surface area contributed by atoms with E-state index in [2.05, 4.69) is 25.5 Å². The third-order valence-corrected chi connectivity index (χ3v) is 7.09. The molecule has 8 nitrogen and oxygen atoms in total. The van der Waals surface area contributed by atoms with Crippen molar-refractivity contribution in [1.82, 2.24) is 30.0 Å². The average Bonchev–Trinajstić information content (AvgIpc) is 3.44. The molecule has 2 aliphatic heterocycles. The standard InChI is InChI=1S/C21H26F3N7O.2H2/c22-21(23,24)15-1-2-17(25-9-15)28-16-3-6-20(7-4-16)11-31(12-20)19(32)30-8-5-14(10-30)18-26-13-27-29-18;;/h1-2,9,13-14,16H,3-8,10-12H2,(H,25,28)(H,26,27,29);2*1H/t14-;;/m0../s1. The molecule has 2 saturated heterocycles. The van der Waals surface area contributed by atoms with Crippen molar-refractivity contribution >= 4 is 11.8 Å². The van der Waals surface area contributed by atoms with E-state index in [9.17, 15) is 18.0 Å². The number of H-pyrrole nitrogens is 1. The number of nitrogens with zero attached hydrogens (tertiary/aromatic N) is 5. The van der Waals surface area contributed by atoms with E-state index in [0.29, 0.717) is 12.4 Å². The zero-order chi connectivity index (χ0) is 22.3. The Bertz CT molecular complexity index is 942. The number of aromatic nitrogens is 4. The van der Waals surface area contributed by atoms with E-state index in [1.807, 2.05) is 9.80 Å². The molecule has 3 fully saturated rings. The third kappa shape index (κ3) is 4.12. The molecule has 4 heterocycles. The normalized spacial score (nSPS) is 23.4. The summed E-state index contributed by atoms with van der Waals surface area (Å²) in [7, 11) is 0. The molecule has 1 aliphatic carbocycles. The van der Waals surface area contributed by atoms with Gasteiger partial charge in [-0.05, 0) is 44.2 Å². The molecular weight excluding hydrogens is 423 g/mol. The number of rotatable bonds is 3. The second-order valence-corrected chi connectivity index (χ2v) is 9.29. The lowest BCUT2D eigenvalue weighted by Gasteiger charge is -2.54. The molecule has 0 radical (unpaired) electrons. The maximum absolute atomic E-state index is 12.9. The van der Waals surface area contributed by atoms with Gasteiger partial charge in [-0.25, -0.2) is 14.8 Å². The summed E-state index contributed by atoms with van der Waals surface area (Å²) in [5.74, 6) is 1.53. The Kier molecular flexibility index (Phi) is 5.21. The average molecular weight is 454 g/mol. The first-order valence-corrected chi connectivity index (χ1v) is 11.0. The number of carbonyl (C=O) groups excluding carboxylic acids is 1. The van der Waals surface area contributed by atoms with Crippen LogP contribution in [0.1, 0.15) is 52.3 Å². The molecule has 5 rings (SSSR count). The highest BCUT2D eigenvalue weighted by Crippen LogP contribution is 2.45. The Morgan fingerprint density at radius 2 is 1.94 bits per heavy atom. The number of likely N-dealkylation sites (tertiary alicyclic amines) is 2. The summed E-state index contributed by atoms with van der Waals surface area (Å²) < 4.78 is 38.0. The summed E-state index contributed by atoms with van der Waals surface area (Å²) in [6, 6.07) is 2.74. The number of hydrogen-bond donors (Lipinski definition) is 2. The molecule has 176 valence electrons. The van der Waals surface area contributed by atoms with E-state index in [0.717, 1.165) is 69.8 Å². The fourth-order valence-corrected chi connectivity index (χ4v) is 5.21. The van der Waals surface area contributed by atoms with Crippen LogP contribution in [0.4, 0.5) is 23.8 Å². The Morgan fingerprint density at radius 3 is 2.56 bits per heavy atom. The minimum absolute atomic E-state index is 0. The molecule has 32 heavy (non-hydrogen) atoms. The van der Waals surface area contributed by atoms with Crippen molar-refractivity contribution < 1.29 is 20.8 Å². The maximum atomic E-state index is 12.9. The van der Waals surface area contributed by atoms with Gasteiger partial charge in [-0.15, -0.1) is 0 Å².